The van der Waals surface area contributed by atoms with Crippen LogP contribution in [0.1, 0.15) is 0 Å². The van der Waals surface area contributed by atoms with Crippen molar-refractivity contribution in [2.24, 2.45) is 0 Å². The van der Waals surface area contributed by atoms with Crippen molar-refractivity contribution in [3.05, 3.63) is 31.0 Å². The molecule has 0 atom stereocenters. The Morgan fingerprint density at radius 3 is 2.62 bits per heavy atom. The largest absolute Gasteiger partial charge is 0.363 e. The van der Waals surface area contributed by atoms with E-state index in [0.717, 1.165) is 5.82 Å². The molecule has 2 aromatic rings. The number of anilines is 3. The molecule has 0 bridgehead atoms. The highest BCUT2D eigenvalue weighted by Crippen LogP contribution is 2.14. The average Bonchev–Trinajstić information content (AvgIpc) is 2.30. The van der Waals surface area contributed by atoms with Crippen LogP contribution in [0, 0.1) is 0 Å². The summed E-state index contributed by atoms with van der Waals surface area (Å²) < 4.78 is 0. The molecule has 0 aromatic carbocycles. The fraction of sp³-hybridized carbons (Fsp3) is 0.200. The fourth-order valence-corrected chi connectivity index (χ4v) is 1.15. The number of rotatable bonds is 3. The summed E-state index contributed by atoms with van der Waals surface area (Å²) in [6.45, 7) is 0. The van der Waals surface area contributed by atoms with Gasteiger partial charge in [0.25, 0.3) is 0 Å². The van der Waals surface area contributed by atoms with Gasteiger partial charge < -0.3 is 10.2 Å². The van der Waals surface area contributed by atoms with Gasteiger partial charge in [0.05, 0.1) is 6.20 Å². The van der Waals surface area contributed by atoms with Gasteiger partial charge >= 0.3 is 0 Å². The van der Waals surface area contributed by atoms with Crippen LogP contribution in [0.4, 0.5) is 17.5 Å². The molecule has 6 heteroatoms. The number of nitrogens with one attached hydrogen (secondary N) is 1. The zero-order chi connectivity index (χ0) is 11.4. The van der Waals surface area contributed by atoms with Crippen LogP contribution in [-0.4, -0.2) is 34.0 Å². The summed E-state index contributed by atoms with van der Waals surface area (Å²) >= 11 is 0. The zero-order valence-electron chi connectivity index (χ0n) is 9.12. The predicted molar refractivity (Wildman–Crippen MR) is 61.7 cm³/mol. The molecule has 6 nitrogen and oxygen atoms in total. The molecule has 2 heterocycles. The highest BCUT2D eigenvalue weighted by molar-refractivity contribution is 5.54. The van der Waals surface area contributed by atoms with Gasteiger partial charge in [-0.05, 0) is 0 Å². The van der Waals surface area contributed by atoms with Crippen LogP contribution in [0.5, 0.6) is 0 Å². The predicted octanol–water partition coefficient (Wildman–Crippen LogP) is 1.08. The summed E-state index contributed by atoms with van der Waals surface area (Å²) in [5.41, 5.74) is 0. The molecule has 0 saturated carbocycles. The molecule has 0 amide bonds. The van der Waals surface area contributed by atoms with Gasteiger partial charge in [0.1, 0.15) is 23.8 Å². The van der Waals surface area contributed by atoms with Crippen LogP contribution < -0.4 is 10.2 Å². The van der Waals surface area contributed by atoms with E-state index in [2.05, 4.69) is 25.3 Å². The van der Waals surface area contributed by atoms with Gasteiger partial charge in [-0.3, -0.25) is 4.98 Å². The molecule has 2 rings (SSSR count). The molecule has 0 unspecified atom stereocenters. The Hall–Kier alpha value is -2.24. The van der Waals surface area contributed by atoms with Crippen molar-refractivity contribution in [2.45, 2.75) is 0 Å². The van der Waals surface area contributed by atoms with Gasteiger partial charge in [-0.2, -0.15) is 0 Å². The van der Waals surface area contributed by atoms with E-state index in [1.54, 1.807) is 18.6 Å². The van der Waals surface area contributed by atoms with E-state index in [-0.39, 0.29) is 0 Å². The summed E-state index contributed by atoms with van der Waals surface area (Å²) in [7, 11) is 3.85. The zero-order valence-corrected chi connectivity index (χ0v) is 9.12. The van der Waals surface area contributed by atoms with E-state index >= 15 is 0 Å². The van der Waals surface area contributed by atoms with Crippen molar-refractivity contribution in [2.75, 3.05) is 24.3 Å². The third-order valence-electron chi connectivity index (χ3n) is 1.93. The molecule has 0 saturated heterocycles. The lowest BCUT2D eigenvalue weighted by atomic mass is 10.5. The number of nitrogens with zero attached hydrogens (tertiary/aromatic N) is 5. The molecule has 0 aliphatic heterocycles. The Balaban J connectivity index is 2.19. The van der Waals surface area contributed by atoms with Crippen molar-refractivity contribution in [3.63, 3.8) is 0 Å². The first-order chi connectivity index (χ1) is 7.75. The second-order valence-electron chi connectivity index (χ2n) is 3.37. The third-order valence-corrected chi connectivity index (χ3v) is 1.93. The lowest BCUT2D eigenvalue weighted by Gasteiger charge is -2.11. The lowest BCUT2D eigenvalue weighted by Crippen LogP contribution is -2.11. The summed E-state index contributed by atoms with van der Waals surface area (Å²) in [5, 5.41) is 3.05. The standard InChI is InChI=1S/C10H12N6/c1-16(2)10-5-8(13-7-14-10)15-9-6-11-3-4-12-9/h3-7H,1-2H3,(H,12,13,14,15). The van der Waals surface area contributed by atoms with Gasteiger partial charge in [0.2, 0.25) is 0 Å². The first kappa shape index (κ1) is 10.3. The molecule has 1 N–H and O–H groups in total. The minimum Gasteiger partial charge on any atom is -0.363 e. The number of hydrogen-bond acceptors (Lipinski definition) is 6. The van der Waals surface area contributed by atoms with Crippen molar-refractivity contribution in [3.8, 4) is 0 Å². The molecule has 0 radical (unpaired) electrons. The van der Waals surface area contributed by atoms with Crippen LogP contribution >= 0.6 is 0 Å². The van der Waals surface area contributed by atoms with Crippen LogP contribution in [0.15, 0.2) is 31.0 Å². The van der Waals surface area contributed by atoms with Crippen LogP contribution in [-0.2, 0) is 0 Å². The molecule has 2 aromatic heterocycles. The van der Waals surface area contributed by atoms with Gasteiger partial charge in [0, 0.05) is 32.6 Å². The summed E-state index contributed by atoms with van der Waals surface area (Å²) in [6.07, 6.45) is 6.39. The molecule has 82 valence electrons. The maximum absolute atomic E-state index is 4.12. The van der Waals surface area contributed by atoms with E-state index in [1.807, 2.05) is 25.1 Å². The van der Waals surface area contributed by atoms with Crippen molar-refractivity contribution in [1.29, 1.82) is 0 Å². The van der Waals surface area contributed by atoms with E-state index in [0.29, 0.717) is 11.6 Å². The summed E-state index contributed by atoms with van der Waals surface area (Å²) in [6, 6.07) is 1.84. The van der Waals surface area contributed by atoms with Crippen molar-refractivity contribution >= 4 is 17.5 Å². The fourth-order valence-electron chi connectivity index (χ4n) is 1.15. The topological polar surface area (TPSA) is 66.8 Å². The maximum atomic E-state index is 4.12. The van der Waals surface area contributed by atoms with E-state index in [9.17, 15) is 0 Å². The van der Waals surface area contributed by atoms with Crippen molar-refractivity contribution in [1.82, 2.24) is 19.9 Å². The normalized spacial score (nSPS) is 9.88. The molecule has 16 heavy (non-hydrogen) atoms. The average molecular weight is 216 g/mol. The molecular weight excluding hydrogens is 204 g/mol. The number of hydrogen-bond donors (Lipinski definition) is 1. The highest BCUT2D eigenvalue weighted by atomic mass is 15.2. The first-order valence-electron chi connectivity index (χ1n) is 4.78. The second kappa shape index (κ2) is 4.52. The minimum atomic E-state index is 0.658. The van der Waals surface area contributed by atoms with Crippen LogP contribution in [0.25, 0.3) is 0 Å². The Bertz CT molecular complexity index is 456. The highest BCUT2D eigenvalue weighted by Gasteiger charge is 2.01. The third kappa shape index (κ3) is 2.41. The van der Waals surface area contributed by atoms with Crippen LogP contribution in [0.2, 0.25) is 0 Å². The lowest BCUT2D eigenvalue weighted by molar-refractivity contribution is 1.04. The quantitative estimate of drug-likeness (QED) is 0.828. The Labute approximate surface area is 93.4 Å². The van der Waals surface area contributed by atoms with Gasteiger partial charge in [-0.15, -0.1) is 0 Å². The monoisotopic (exact) mass is 216 g/mol. The van der Waals surface area contributed by atoms with Crippen molar-refractivity contribution < 1.29 is 0 Å². The van der Waals surface area contributed by atoms with E-state index < -0.39 is 0 Å². The molecule has 0 spiro atoms. The molecule has 0 aliphatic rings. The Kier molecular flexibility index (Phi) is 2.90. The Morgan fingerprint density at radius 2 is 1.94 bits per heavy atom. The van der Waals surface area contributed by atoms with E-state index in [4.69, 9.17) is 0 Å². The van der Waals surface area contributed by atoms with Gasteiger partial charge in [0.15, 0.2) is 0 Å². The molecule has 0 fully saturated rings. The summed E-state index contributed by atoms with van der Waals surface area (Å²) in [4.78, 5) is 18.2. The molecule has 0 aliphatic carbocycles. The number of aromatic nitrogens is 4. The summed E-state index contributed by atoms with van der Waals surface area (Å²) in [5.74, 6) is 2.19. The smallest absolute Gasteiger partial charge is 0.150 e. The SMILES string of the molecule is CN(C)c1cc(Nc2cnccn2)ncn1. The van der Waals surface area contributed by atoms with E-state index in [1.165, 1.54) is 6.33 Å². The molecular formula is C10H12N6. The van der Waals surface area contributed by atoms with Crippen LogP contribution in [0.3, 0.4) is 0 Å². The minimum absolute atomic E-state index is 0.658. The first-order valence-corrected chi connectivity index (χ1v) is 4.78. The maximum Gasteiger partial charge on any atom is 0.150 e. The second-order valence-corrected chi connectivity index (χ2v) is 3.37. The Morgan fingerprint density at radius 1 is 1.06 bits per heavy atom. The van der Waals surface area contributed by atoms with Gasteiger partial charge in [-0.1, -0.05) is 0 Å². The van der Waals surface area contributed by atoms with Gasteiger partial charge in [-0.25, -0.2) is 15.0 Å².